The minimum atomic E-state index is 0.551. The summed E-state index contributed by atoms with van der Waals surface area (Å²) < 4.78 is 0. The molecule has 3 nitrogen and oxygen atoms in total. The molecule has 0 fully saturated rings. The van der Waals surface area contributed by atoms with Gasteiger partial charge in [-0.3, -0.25) is 0 Å². The van der Waals surface area contributed by atoms with Crippen LogP contribution in [-0.4, -0.2) is 17.0 Å². The number of rotatable bonds is 3. The zero-order valence-electron chi connectivity index (χ0n) is 11.1. The molecule has 19 heavy (non-hydrogen) atoms. The Morgan fingerprint density at radius 3 is 2.32 bits per heavy atom. The zero-order valence-corrected chi connectivity index (χ0v) is 12.6. The van der Waals surface area contributed by atoms with E-state index < -0.39 is 0 Å². The van der Waals surface area contributed by atoms with Gasteiger partial charge in [0.25, 0.3) is 0 Å². The van der Waals surface area contributed by atoms with E-state index in [-0.39, 0.29) is 0 Å². The van der Waals surface area contributed by atoms with Crippen LogP contribution in [0.3, 0.4) is 0 Å². The fourth-order valence-electron chi connectivity index (χ4n) is 2.05. The lowest BCUT2D eigenvalue weighted by molar-refractivity contribution is 1.00. The second-order valence-electron chi connectivity index (χ2n) is 4.16. The number of anilines is 1. The van der Waals surface area contributed by atoms with Crippen molar-refractivity contribution >= 4 is 29.0 Å². The Labute approximate surface area is 123 Å². The van der Waals surface area contributed by atoms with Crippen LogP contribution in [0.5, 0.6) is 0 Å². The van der Waals surface area contributed by atoms with Gasteiger partial charge >= 0.3 is 0 Å². The van der Waals surface area contributed by atoms with E-state index in [1.54, 1.807) is 18.2 Å². The molecule has 0 radical (unpaired) electrons. The molecular formula is C14H15Cl2N3. The third kappa shape index (κ3) is 2.67. The van der Waals surface area contributed by atoms with Gasteiger partial charge in [-0.15, -0.1) is 0 Å². The molecule has 1 aromatic carbocycles. The molecule has 5 heteroatoms. The first-order valence-corrected chi connectivity index (χ1v) is 6.83. The minimum Gasteiger partial charge on any atom is -0.373 e. The fourth-order valence-corrected chi connectivity index (χ4v) is 2.62. The molecule has 1 N–H and O–H groups in total. The molecule has 0 atom stereocenters. The number of hydrogen-bond donors (Lipinski definition) is 1. The van der Waals surface area contributed by atoms with E-state index in [2.05, 4.69) is 22.2 Å². The number of halogens is 2. The first-order valence-electron chi connectivity index (χ1n) is 6.08. The first-order chi connectivity index (χ1) is 9.08. The molecule has 2 aromatic rings. The van der Waals surface area contributed by atoms with Crippen LogP contribution in [0.15, 0.2) is 18.2 Å². The van der Waals surface area contributed by atoms with Crippen molar-refractivity contribution in [3.8, 4) is 11.4 Å². The van der Waals surface area contributed by atoms with Crippen molar-refractivity contribution in [2.24, 2.45) is 0 Å². The Bertz CT molecular complexity index is 592. The van der Waals surface area contributed by atoms with Crippen molar-refractivity contribution in [1.29, 1.82) is 0 Å². The van der Waals surface area contributed by atoms with Crippen molar-refractivity contribution in [1.82, 2.24) is 9.97 Å². The topological polar surface area (TPSA) is 37.8 Å². The molecule has 0 spiro atoms. The average Bonchev–Trinajstić information content (AvgIpc) is 2.37. The Kier molecular flexibility index (Phi) is 4.27. The Morgan fingerprint density at radius 1 is 1.16 bits per heavy atom. The number of nitrogens with one attached hydrogen (secondary N) is 1. The molecule has 0 aliphatic rings. The van der Waals surface area contributed by atoms with Crippen LogP contribution in [-0.2, 0) is 6.42 Å². The van der Waals surface area contributed by atoms with Crippen molar-refractivity contribution in [2.45, 2.75) is 20.3 Å². The Hall–Kier alpha value is -1.32. The highest BCUT2D eigenvalue weighted by Crippen LogP contribution is 2.33. The van der Waals surface area contributed by atoms with E-state index in [1.807, 2.05) is 14.0 Å². The quantitative estimate of drug-likeness (QED) is 0.914. The summed E-state index contributed by atoms with van der Waals surface area (Å²) in [7, 11) is 1.85. The van der Waals surface area contributed by atoms with Gasteiger partial charge in [0.2, 0.25) is 0 Å². The smallest absolute Gasteiger partial charge is 0.164 e. The van der Waals surface area contributed by atoms with Gasteiger partial charge in [0.05, 0.1) is 15.6 Å². The summed E-state index contributed by atoms with van der Waals surface area (Å²) in [5, 5.41) is 4.21. The summed E-state index contributed by atoms with van der Waals surface area (Å²) in [6.07, 6.45) is 0.874. The van der Waals surface area contributed by atoms with Crippen LogP contribution < -0.4 is 5.32 Å². The largest absolute Gasteiger partial charge is 0.373 e. The van der Waals surface area contributed by atoms with Crippen molar-refractivity contribution < 1.29 is 0 Å². The summed E-state index contributed by atoms with van der Waals surface area (Å²) in [4.78, 5) is 9.05. The van der Waals surface area contributed by atoms with Crippen LogP contribution in [0.2, 0.25) is 10.0 Å². The average molecular weight is 296 g/mol. The molecule has 0 saturated carbocycles. The minimum absolute atomic E-state index is 0.551. The summed E-state index contributed by atoms with van der Waals surface area (Å²) in [6, 6.07) is 5.38. The van der Waals surface area contributed by atoms with Gasteiger partial charge in [-0.1, -0.05) is 36.2 Å². The predicted molar refractivity (Wildman–Crippen MR) is 81.1 cm³/mol. The van der Waals surface area contributed by atoms with Crippen molar-refractivity contribution in [2.75, 3.05) is 12.4 Å². The SMILES string of the molecule is CCc1c(C)nc(-c2c(Cl)cccc2Cl)nc1NC. The van der Waals surface area contributed by atoms with E-state index in [4.69, 9.17) is 23.2 Å². The van der Waals surface area contributed by atoms with E-state index >= 15 is 0 Å². The number of nitrogens with zero attached hydrogens (tertiary/aromatic N) is 2. The highest BCUT2D eigenvalue weighted by molar-refractivity contribution is 6.38. The molecular weight excluding hydrogens is 281 g/mol. The lowest BCUT2D eigenvalue weighted by atomic mass is 10.1. The zero-order chi connectivity index (χ0) is 14.0. The van der Waals surface area contributed by atoms with E-state index in [1.165, 1.54) is 0 Å². The Balaban J connectivity index is 2.67. The van der Waals surface area contributed by atoms with Crippen LogP contribution in [0.25, 0.3) is 11.4 Å². The molecule has 0 unspecified atom stereocenters. The monoisotopic (exact) mass is 295 g/mol. The molecule has 1 aromatic heterocycles. The van der Waals surface area contributed by atoms with Crippen LogP contribution in [0.4, 0.5) is 5.82 Å². The molecule has 0 aliphatic heterocycles. The second-order valence-corrected chi connectivity index (χ2v) is 4.97. The fraction of sp³-hybridized carbons (Fsp3) is 0.286. The van der Waals surface area contributed by atoms with Crippen LogP contribution >= 0.6 is 23.2 Å². The van der Waals surface area contributed by atoms with Gasteiger partial charge in [-0.2, -0.15) is 0 Å². The van der Waals surface area contributed by atoms with E-state index in [0.717, 1.165) is 23.5 Å². The number of benzene rings is 1. The maximum absolute atomic E-state index is 6.20. The highest BCUT2D eigenvalue weighted by atomic mass is 35.5. The number of aromatic nitrogens is 2. The van der Waals surface area contributed by atoms with Crippen molar-refractivity contribution in [3.05, 3.63) is 39.5 Å². The van der Waals surface area contributed by atoms with Gasteiger partial charge in [0.15, 0.2) is 5.82 Å². The van der Waals surface area contributed by atoms with Crippen LogP contribution in [0, 0.1) is 6.92 Å². The molecule has 100 valence electrons. The Morgan fingerprint density at radius 2 is 1.79 bits per heavy atom. The van der Waals surface area contributed by atoms with Gasteiger partial charge in [0.1, 0.15) is 5.82 Å². The summed E-state index contributed by atoms with van der Waals surface area (Å²) in [5.74, 6) is 1.37. The number of hydrogen-bond acceptors (Lipinski definition) is 3. The van der Waals surface area contributed by atoms with E-state index in [9.17, 15) is 0 Å². The molecule has 0 bridgehead atoms. The molecule has 0 saturated heterocycles. The lowest BCUT2D eigenvalue weighted by Crippen LogP contribution is -2.05. The third-order valence-corrected chi connectivity index (χ3v) is 3.62. The number of aryl methyl sites for hydroxylation is 1. The second kappa shape index (κ2) is 5.76. The van der Waals surface area contributed by atoms with Gasteiger partial charge in [0, 0.05) is 18.3 Å². The molecule has 2 rings (SSSR count). The van der Waals surface area contributed by atoms with E-state index in [0.29, 0.717) is 21.4 Å². The lowest BCUT2D eigenvalue weighted by Gasteiger charge is -2.13. The van der Waals surface area contributed by atoms with Gasteiger partial charge in [-0.05, 0) is 25.5 Å². The normalized spacial score (nSPS) is 10.6. The van der Waals surface area contributed by atoms with Gasteiger partial charge < -0.3 is 5.32 Å². The predicted octanol–water partition coefficient (Wildman–Crippen LogP) is 4.36. The summed E-state index contributed by atoms with van der Waals surface area (Å²) >= 11 is 12.4. The summed E-state index contributed by atoms with van der Waals surface area (Å²) in [6.45, 7) is 4.05. The maximum atomic E-state index is 6.20. The molecule has 1 heterocycles. The third-order valence-electron chi connectivity index (χ3n) is 2.99. The van der Waals surface area contributed by atoms with Gasteiger partial charge in [-0.25, -0.2) is 9.97 Å². The van der Waals surface area contributed by atoms with Crippen LogP contribution in [0.1, 0.15) is 18.2 Å². The molecule has 0 amide bonds. The summed E-state index contributed by atoms with van der Waals surface area (Å²) in [5.41, 5.74) is 2.72. The molecule has 0 aliphatic carbocycles. The standard InChI is InChI=1S/C14H15Cl2N3/c1-4-9-8(2)18-14(19-13(9)17-3)12-10(15)6-5-7-11(12)16/h5-7H,4H2,1-3H3,(H,17,18,19). The maximum Gasteiger partial charge on any atom is 0.164 e. The highest BCUT2D eigenvalue weighted by Gasteiger charge is 2.15. The first kappa shape index (κ1) is 14.1. The van der Waals surface area contributed by atoms with Crippen molar-refractivity contribution in [3.63, 3.8) is 0 Å².